The Kier molecular flexibility index (Phi) is 8.12. The molecule has 0 saturated carbocycles. The fraction of sp³-hybridized carbons (Fsp3) is 0.889. The first kappa shape index (κ1) is 11.4. The number of carbonyl (C=O) groups excluding carboxylic acids is 1. The van der Waals surface area contributed by atoms with Crippen molar-refractivity contribution in [2.75, 3.05) is 13.2 Å². The molecule has 0 atom stereocenters. The molecular formula is C9H17O3. The number of esters is 1. The number of hydrogen-bond donors (Lipinski definition) is 0. The largest absolute Gasteiger partial charge is 0.463 e. The van der Waals surface area contributed by atoms with Crippen LogP contribution in [0.2, 0.25) is 0 Å². The lowest BCUT2D eigenvalue weighted by atomic mass is 10.2. The topological polar surface area (TPSA) is 46.2 Å². The van der Waals surface area contributed by atoms with E-state index in [1.165, 1.54) is 0 Å². The zero-order chi connectivity index (χ0) is 9.23. The van der Waals surface area contributed by atoms with Crippen LogP contribution < -0.4 is 0 Å². The molecule has 0 saturated heterocycles. The van der Waals surface area contributed by atoms with E-state index in [-0.39, 0.29) is 19.2 Å². The van der Waals surface area contributed by atoms with E-state index in [0.29, 0.717) is 6.42 Å². The third kappa shape index (κ3) is 7.54. The molecule has 0 bridgehead atoms. The van der Waals surface area contributed by atoms with Crippen molar-refractivity contribution in [3.8, 4) is 0 Å². The van der Waals surface area contributed by atoms with Crippen molar-refractivity contribution in [1.29, 1.82) is 0 Å². The molecule has 0 rings (SSSR count). The van der Waals surface area contributed by atoms with Crippen LogP contribution in [0.3, 0.4) is 0 Å². The summed E-state index contributed by atoms with van der Waals surface area (Å²) in [5, 5.41) is 9.93. The predicted octanol–water partition coefficient (Wildman–Crippen LogP) is 1.93. The van der Waals surface area contributed by atoms with E-state index in [9.17, 15) is 9.90 Å². The zero-order valence-corrected chi connectivity index (χ0v) is 7.67. The molecule has 12 heavy (non-hydrogen) atoms. The summed E-state index contributed by atoms with van der Waals surface area (Å²) >= 11 is 0. The van der Waals surface area contributed by atoms with Crippen molar-refractivity contribution in [3.63, 3.8) is 0 Å². The minimum atomic E-state index is -0.333. The highest BCUT2D eigenvalue weighted by Crippen LogP contribution is 2.02. The van der Waals surface area contributed by atoms with Gasteiger partial charge in [0, 0.05) is 6.42 Å². The van der Waals surface area contributed by atoms with Gasteiger partial charge in [0.25, 0.3) is 0 Å². The molecule has 3 nitrogen and oxygen atoms in total. The van der Waals surface area contributed by atoms with Crippen molar-refractivity contribution in [2.45, 2.75) is 39.0 Å². The highest BCUT2D eigenvalue weighted by atomic mass is 16.5. The summed E-state index contributed by atoms with van der Waals surface area (Å²) < 4.78 is 4.62. The van der Waals surface area contributed by atoms with Gasteiger partial charge in [-0.25, -0.2) is 5.11 Å². The Morgan fingerprint density at radius 1 is 1.25 bits per heavy atom. The molecule has 0 aromatic rings. The number of ether oxygens (including phenoxy) is 1. The summed E-state index contributed by atoms with van der Waals surface area (Å²) in [4.78, 5) is 10.8. The third-order valence-electron chi connectivity index (χ3n) is 1.58. The third-order valence-corrected chi connectivity index (χ3v) is 1.58. The molecule has 0 heterocycles. The van der Waals surface area contributed by atoms with Gasteiger partial charge in [-0.2, -0.15) is 0 Å². The van der Waals surface area contributed by atoms with Crippen LogP contribution in [0.15, 0.2) is 0 Å². The molecular weight excluding hydrogens is 156 g/mol. The smallest absolute Gasteiger partial charge is 0.305 e. The lowest BCUT2D eigenvalue weighted by Gasteiger charge is -2.01. The molecule has 71 valence electrons. The first-order chi connectivity index (χ1) is 5.81. The summed E-state index contributed by atoms with van der Waals surface area (Å²) in [6, 6.07) is 0. The van der Waals surface area contributed by atoms with Crippen molar-refractivity contribution in [2.24, 2.45) is 0 Å². The molecule has 0 spiro atoms. The van der Waals surface area contributed by atoms with E-state index >= 15 is 0 Å². The van der Waals surface area contributed by atoms with Gasteiger partial charge in [-0.15, -0.1) is 0 Å². The van der Waals surface area contributed by atoms with Gasteiger partial charge in [0.1, 0.15) is 13.2 Å². The van der Waals surface area contributed by atoms with Crippen LogP contribution in [0.5, 0.6) is 0 Å². The fourth-order valence-electron chi connectivity index (χ4n) is 0.924. The molecule has 0 aromatic carbocycles. The van der Waals surface area contributed by atoms with Crippen molar-refractivity contribution in [1.82, 2.24) is 0 Å². The molecule has 0 N–H and O–H groups in total. The van der Waals surface area contributed by atoms with Crippen molar-refractivity contribution < 1.29 is 14.6 Å². The van der Waals surface area contributed by atoms with Crippen LogP contribution in [-0.2, 0) is 14.6 Å². The maximum Gasteiger partial charge on any atom is 0.305 e. The molecule has 3 heteroatoms. The van der Waals surface area contributed by atoms with Gasteiger partial charge >= 0.3 is 5.97 Å². The van der Waals surface area contributed by atoms with Crippen LogP contribution in [0.4, 0.5) is 0 Å². The van der Waals surface area contributed by atoms with Crippen LogP contribution in [0, 0.1) is 0 Å². The Hall–Kier alpha value is -0.570. The number of unbranched alkanes of at least 4 members (excludes halogenated alkanes) is 3. The minimum absolute atomic E-state index is 0.0204. The number of rotatable bonds is 7. The molecule has 0 aliphatic rings. The normalized spacial score (nSPS) is 9.83. The Morgan fingerprint density at radius 2 is 2.00 bits per heavy atom. The Labute approximate surface area is 73.7 Å². The van der Waals surface area contributed by atoms with E-state index in [4.69, 9.17) is 0 Å². The number of carbonyl (C=O) groups is 1. The van der Waals surface area contributed by atoms with E-state index < -0.39 is 0 Å². The van der Waals surface area contributed by atoms with E-state index in [1.807, 2.05) is 0 Å². The Bertz CT molecular complexity index is 112. The molecule has 0 amide bonds. The van der Waals surface area contributed by atoms with Crippen LogP contribution in [0.25, 0.3) is 0 Å². The zero-order valence-electron chi connectivity index (χ0n) is 7.67. The van der Waals surface area contributed by atoms with E-state index in [1.54, 1.807) is 0 Å². The monoisotopic (exact) mass is 173 g/mol. The van der Waals surface area contributed by atoms with Gasteiger partial charge in [0.05, 0.1) is 0 Å². The van der Waals surface area contributed by atoms with E-state index in [0.717, 1.165) is 25.7 Å². The highest BCUT2D eigenvalue weighted by Gasteiger charge is 2.00. The maximum absolute atomic E-state index is 10.8. The Morgan fingerprint density at radius 3 is 2.58 bits per heavy atom. The molecule has 0 aromatic heterocycles. The average molecular weight is 173 g/mol. The highest BCUT2D eigenvalue weighted by molar-refractivity contribution is 5.69. The SMILES string of the molecule is CCCCCCC(=O)OCC[O]. The van der Waals surface area contributed by atoms with Crippen molar-refractivity contribution >= 4 is 5.97 Å². The summed E-state index contributed by atoms with van der Waals surface area (Å²) in [5.74, 6) is -0.234. The summed E-state index contributed by atoms with van der Waals surface area (Å²) in [5.41, 5.74) is 0. The van der Waals surface area contributed by atoms with Crippen LogP contribution in [0.1, 0.15) is 39.0 Å². The maximum atomic E-state index is 10.8. The minimum Gasteiger partial charge on any atom is -0.463 e. The molecule has 1 radical (unpaired) electrons. The van der Waals surface area contributed by atoms with Gasteiger partial charge in [-0.3, -0.25) is 4.79 Å². The van der Waals surface area contributed by atoms with Gasteiger partial charge in [-0.05, 0) is 6.42 Å². The second kappa shape index (κ2) is 8.53. The average Bonchev–Trinajstić information content (AvgIpc) is 2.09. The van der Waals surface area contributed by atoms with Crippen LogP contribution in [-0.4, -0.2) is 19.2 Å². The second-order valence-corrected chi connectivity index (χ2v) is 2.74. The Balaban J connectivity index is 3.08. The molecule has 0 aliphatic carbocycles. The fourth-order valence-corrected chi connectivity index (χ4v) is 0.924. The number of hydrogen-bond acceptors (Lipinski definition) is 2. The second-order valence-electron chi connectivity index (χ2n) is 2.74. The summed E-state index contributed by atoms with van der Waals surface area (Å²) in [6.07, 6.45) is 4.74. The quantitative estimate of drug-likeness (QED) is 0.436. The predicted molar refractivity (Wildman–Crippen MR) is 45.3 cm³/mol. The van der Waals surface area contributed by atoms with Gasteiger partial charge in [-0.1, -0.05) is 26.2 Å². The molecule has 0 aliphatic heterocycles. The van der Waals surface area contributed by atoms with Gasteiger partial charge in [0.2, 0.25) is 0 Å². The lowest BCUT2D eigenvalue weighted by Crippen LogP contribution is -2.07. The first-order valence-electron chi connectivity index (χ1n) is 4.55. The standard InChI is InChI=1S/C9H17O3/c1-2-3-4-5-6-9(11)12-8-7-10/h2-8H2,1H3. The van der Waals surface area contributed by atoms with E-state index in [2.05, 4.69) is 11.7 Å². The first-order valence-corrected chi connectivity index (χ1v) is 4.55. The lowest BCUT2D eigenvalue weighted by molar-refractivity contribution is -0.145. The van der Waals surface area contributed by atoms with Gasteiger partial charge in [0.15, 0.2) is 0 Å². The van der Waals surface area contributed by atoms with Crippen molar-refractivity contribution in [3.05, 3.63) is 0 Å². The van der Waals surface area contributed by atoms with Crippen LogP contribution >= 0.6 is 0 Å². The molecule has 0 fully saturated rings. The summed E-state index contributed by atoms with van der Waals surface area (Å²) in [6.45, 7) is 1.81. The molecule has 0 unspecified atom stereocenters. The van der Waals surface area contributed by atoms with Gasteiger partial charge < -0.3 is 4.74 Å². The summed E-state index contributed by atoms with van der Waals surface area (Å²) in [7, 11) is 0.